The van der Waals surface area contributed by atoms with E-state index in [-0.39, 0.29) is 24.3 Å². The van der Waals surface area contributed by atoms with E-state index in [1.54, 1.807) is 23.1 Å². The van der Waals surface area contributed by atoms with Gasteiger partial charge in [-0.05, 0) is 43.4 Å². The van der Waals surface area contributed by atoms with E-state index >= 15 is 0 Å². The minimum Gasteiger partial charge on any atom is -0.352 e. The first kappa shape index (κ1) is 23.0. The standard InChI is InChI=1S/C26H33FN2O2/c1-3-24(26(31)28-22-13-5-4-6-14-22)29(18-20-11-9-10-19(2)16-20)25(30)17-21-12-7-8-15-23(21)27/h7-12,15-16,22,24H,3-6,13-14,17-18H2,1-2H3,(H,28,31). The predicted octanol–water partition coefficient (Wildman–Crippen LogP) is 4.93. The smallest absolute Gasteiger partial charge is 0.243 e. The number of halogens is 1. The molecule has 31 heavy (non-hydrogen) atoms. The van der Waals surface area contributed by atoms with Crippen LogP contribution in [0.25, 0.3) is 0 Å². The van der Waals surface area contributed by atoms with E-state index in [0.29, 0.717) is 18.5 Å². The average Bonchev–Trinajstić information content (AvgIpc) is 2.76. The fourth-order valence-corrected chi connectivity index (χ4v) is 4.38. The first-order valence-corrected chi connectivity index (χ1v) is 11.4. The number of carbonyl (C=O) groups is 2. The van der Waals surface area contributed by atoms with Gasteiger partial charge in [0.2, 0.25) is 11.8 Å². The molecule has 3 rings (SSSR count). The van der Waals surface area contributed by atoms with E-state index in [1.165, 1.54) is 12.5 Å². The molecule has 2 aromatic rings. The Bertz CT molecular complexity index is 892. The largest absolute Gasteiger partial charge is 0.352 e. The van der Waals surface area contributed by atoms with Crippen molar-refractivity contribution in [3.63, 3.8) is 0 Å². The third kappa shape index (κ3) is 6.39. The Morgan fingerprint density at radius 1 is 1.10 bits per heavy atom. The van der Waals surface area contributed by atoms with Crippen molar-refractivity contribution >= 4 is 11.8 Å². The number of rotatable bonds is 8. The molecule has 1 unspecified atom stereocenters. The highest BCUT2D eigenvalue weighted by Gasteiger charge is 2.30. The van der Waals surface area contributed by atoms with Crippen LogP contribution in [-0.4, -0.2) is 28.8 Å². The number of aryl methyl sites for hydroxylation is 1. The molecule has 4 nitrogen and oxygen atoms in total. The van der Waals surface area contributed by atoms with Gasteiger partial charge in [0.15, 0.2) is 0 Å². The molecule has 1 saturated carbocycles. The maximum Gasteiger partial charge on any atom is 0.243 e. The van der Waals surface area contributed by atoms with Gasteiger partial charge in [-0.25, -0.2) is 4.39 Å². The third-order valence-corrected chi connectivity index (χ3v) is 6.07. The van der Waals surface area contributed by atoms with Gasteiger partial charge < -0.3 is 10.2 Å². The van der Waals surface area contributed by atoms with Gasteiger partial charge in [-0.1, -0.05) is 74.2 Å². The number of hydrogen-bond donors (Lipinski definition) is 1. The minimum absolute atomic E-state index is 0.0638. The lowest BCUT2D eigenvalue weighted by atomic mass is 9.95. The highest BCUT2D eigenvalue weighted by molar-refractivity contribution is 5.88. The van der Waals surface area contributed by atoms with Crippen molar-refractivity contribution in [3.8, 4) is 0 Å². The van der Waals surface area contributed by atoms with Gasteiger partial charge in [0, 0.05) is 12.6 Å². The minimum atomic E-state index is -0.582. The lowest BCUT2D eigenvalue weighted by molar-refractivity contribution is -0.141. The van der Waals surface area contributed by atoms with Gasteiger partial charge in [0.1, 0.15) is 11.9 Å². The molecule has 0 saturated heterocycles. The van der Waals surface area contributed by atoms with Gasteiger partial charge >= 0.3 is 0 Å². The fourth-order valence-electron chi connectivity index (χ4n) is 4.38. The highest BCUT2D eigenvalue weighted by atomic mass is 19.1. The van der Waals surface area contributed by atoms with Crippen molar-refractivity contribution in [2.24, 2.45) is 0 Å². The molecule has 166 valence electrons. The average molecular weight is 425 g/mol. The van der Waals surface area contributed by atoms with Gasteiger partial charge in [0.25, 0.3) is 0 Å². The summed E-state index contributed by atoms with van der Waals surface area (Å²) in [6.07, 6.45) is 5.89. The maximum atomic E-state index is 14.2. The molecule has 1 aliphatic rings. The Balaban J connectivity index is 1.82. The number of nitrogens with one attached hydrogen (secondary N) is 1. The van der Waals surface area contributed by atoms with Crippen molar-refractivity contribution in [2.75, 3.05) is 0 Å². The molecule has 1 fully saturated rings. The zero-order chi connectivity index (χ0) is 22.2. The van der Waals surface area contributed by atoms with Gasteiger partial charge in [0.05, 0.1) is 6.42 Å². The Morgan fingerprint density at radius 3 is 2.52 bits per heavy atom. The maximum absolute atomic E-state index is 14.2. The number of benzene rings is 2. The molecule has 0 radical (unpaired) electrons. The number of nitrogens with zero attached hydrogens (tertiary/aromatic N) is 1. The molecule has 1 atom stereocenters. The lowest BCUT2D eigenvalue weighted by Gasteiger charge is -2.33. The van der Waals surface area contributed by atoms with Gasteiger partial charge in [-0.3, -0.25) is 9.59 Å². The summed E-state index contributed by atoms with van der Waals surface area (Å²) in [5.41, 5.74) is 2.41. The number of hydrogen-bond acceptors (Lipinski definition) is 2. The van der Waals surface area contributed by atoms with E-state index in [9.17, 15) is 14.0 Å². The first-order chi connectivity index (χ1) is 15.0. The number of carbonyl (C=O) groups excluding carboxylic acids is 2. The topological polar surface area (TPSA) is 49.4 Å². The first-order valence-electron chi connectivity index (χ1n) is 11.4. The van der Waals surface area contributed by atoms with E-state index < -0.39 is 11.9 Å². The van der Waals surface area contributed by atoms with E-state index in [0.717, 1.165) is 36.8 Å². The monoisotopic (exact) mass is 424 g/mol. The summed E-state index contributed by atoms with van der Waals surface area (Å²) in [7, 11) is 0. The van der Waals surface area contributed by atoms with Crippen molar-refractivity contribution in [1.82, 2.24) is 10.2 Å². The third-order valence-electron chi connectivity index (χ3n) is 6.07. The molecule has 5 heteroatoms. The zero-order valence-corrected chi connectivity index (χ0v) is 18.6. The van der Waals surface area contributed by atoms with E-state index in [4.69, 9.17) is 0 Å². The summed E-state index contributed by atoms with van der Waals surface area (Å²) in [6, 6.07) is 13.9. The molecule has 2 amide bonds. The van der Waals surface area contributed by atoms with Crippen LogP contribution in [-0.2, 0) is 22.6 Å². The van der Waals surface area contributed by atoms with Gasteiger partial charge in [-0.2, -0.15) is 0 Å². The Labute approximate surface area is 184 Å². The summed E-state index contributed by atoms with van der Waals surface area (Å²) in [6.45, 7) is 4.25. The summed E-state index contributed by atoms with van der Waals surface area (Å²) >= 11 is 0. The Morgan fingerprint density at radius 2 is 1.84 bits per heavy atom. The van der Waals surface area contributed by atoms with Crippen LogP contribution in [0.5, 0.6) is 0 Å². The molecular weight excluding hydrogens is 391 g/mol. The second-order valence-electron chi connectivity index (χ2n) is 8.55. The van der Waals surface area contributed by atoms with Crippen LogP contribution in [0, 0.1) is 12.7 Å². The fraction of sp³-hybridized carbons (Fsp3) is 0.462. The van der Waals surface area contributed by atoms with Crippen LogP contribution in [0.2, 0.25) is 0 Å². The van der Waals surface area contributed by atoms with Crippen LogP contribution < -0.4 is 5.32 Å². The predicted molar refractivity (Wildman–Crippen MR) is 121 cm³/mol. The normalized spacial score (nSPS) is 15.3. The lowest BCUT2D eigenvalue weighted by Crippen LogP contribution is -2.52. The highest BCUT2D eigenvalue weighted by Crippen LogP contribution is 2.20. The van der Waals surface area contributed by atoms with Crippen LogP contribution in [0.3, 0.4) is 0 Å². The van der Waals surface area contributed by atoms with Crippen LogP contribution in [0.15, 0.2) is 48.5 Å². The molecule has 0 bridgehead atoms. The molecule has 2 aromatic carbocycles. The Hall–Kier alpha value is -2.69. The second kappa shape index (κ2) is 11.1. The van der Waals surface area contributed by atoms with Crippen LogP contribution >= 0.6 is 0 Å². The van der Waals surface area contributed by atoms with Crippen molar-refractivity contribution in [2.45, 2.75) is 77.4 Å². The summed E-state index contributed by atoms with van der Waals surface area (Å²) < 4.78 is 14.2. The van der Waals surface area contributed by atoms with Crippen LogP contribution in [0.1, 0.15) is 62.1 Å². The molecule has 1 N–H and O–H groups in total. The van der Waals surface area contributed by atoms with E-state index in [2.05, 4.69) is 5.32 Å². The van der Waals surface area contributed by atoms with Gasteiger partial charge in [-0.15, -0.1) is 0 Å². The Kier molecular flexibility index (Phi) is 8.21. The summed E-state index contributed by atoms with van der Waals surface area (Å²) in [5, 5.41) is 3.17. The van der Waals surface area contributed by atoms with Crippen molar-refractivity contribution in [3.05, 3.63) is 71.0 Å². The number of amides is 2. The second-order valence-corrected chi connectivity index (χ2v) is 8.55. The summed E-state index contributed by atoms with van der Waals surface area (Å²) in [5.74, 6) is -0.743. The molecule has 0 aromatic heterocycles. The molecule has 0 heterocycles. The van der Waals surface area contributed by atoms with Crippen molar-refractivity contribution < 1.29 is 14.0 Å². The zero-order valence-electron chi connectivity index (χ0n) is 18.6. The SMILES string of the molecule is CCC(C(=O)NC1CCCCC1)N(Cc1cccc(C)c1)C(=O)Cc1ccccc1F. The quantitative estimate of drug-likeness (QED) is 0.653. The molecule has 0 aliphatic heterocycles. The van der Waals surface area contributed by atoms with Crippen LogP contribution in [0.4, 0.5) is 4.39 Å². The molecular formula is C26H33FN2O2. The summed E-state index contributed by atoms with van der Waals surface area (Å²) in [4.78, 5) is 28.1. The van der Waals surface area contributed by atoms with E-state index in [1.807, 2.05) is 38.1 Å². The van der Waals surface area contributed by atoms with Crippen molar-refractivity contribution in [1.29, 1.82) is 0 Å². The molecule has 1 aliphatic carbocycles. The molecule has 0 spiro atoms.